The number of carbonyl (C=O) groups excluding carboxylic acids is 3. The first-order valence-electron chi connectivity index (χ1n) is 14.9. The Kier molecular flexibility index (Phi) is 10.0. The third-order valence-electron chi connectivity index (χ3n) is 7.88. The van der Waals surface area contributed by atoms with Crippen LogP contribution in [-0.4, -0.2) is 55.6 Å². The van der Waals surface area contributed by atoms with Crippen LogP contribution in [0.2, 0.25) is 0 Å². The number of carbonyl (C=O) groups is 3. The van der Waals surface area contributed by atoms with Gasteiger partial charge in [0.15, 0.2) is 0 Å². The lowest BCUT2D eigenvalue weighted by Crippen LogP contribution is -2.40. The Labute approximate surface area is 258 Å². The molecule has 1 aliphatic rings. The number of hydrogen-bond acceptors (Lipinski definition) is 5. The van der Waals surface area contributed by atoms with Crippen molar-refractivity contribution in [1.82, 2.24) is 4.90 Å². The zero-order valence-electron chi connectivity index (χ0n) is 25.2. The molecule has 2 N–H and O–H groups in total. The van der Waals surface area contributed by atoms with Crippen LogP contribution in [0.4, 0.5) is 21.9 Å². The molecule has 0 radical (unpaired) electrons. The topological polar surface area (TPSA) is 91.0 Å². The van der Waals surface area contributed by atoms with Gasteiger partial charge in [-0.1, -0.05) is 72.3 Å². The van der Waals surface area contributed by atoms with Gasteiger partial charge in [0, 0.05) is 55.6 Å². The number of hydrogen-bond donors (Lipinski definition) is 2. The molecule has 4 aromatic rings. The number of likely N-dealkylation sites (tertiary alicyclic amines) is 1. The van der Waals surface area contributed by atoms with Crippen molar-refractivity contribution in [1.29, 1.82) is 0 Å². The van der Waals surface area contributed by atoms with Crippen molar-refractivity contribution < 1.29 is 19.1 Å². The maximum Gasteiger partial charge on any atom is 0.411 e. The fraction of sp³-hybridized carbons (Fsp3) is 0.250. The monoisotopic (exact) mass is 590 g/mol. The number of amides is 3. The number of nitrogens with zero attached hydrogens (tertiary/aromatic N) is 2. The Hall–Kier alpha value is -4.95. The minimum absolute atomic E-state index is 0.0316. The van der Waals surface area contributed by atoms with Crippen molar-refractivity contribution in [3.63, 3.8) is 0 Å². The van der Waals surface area contributed by atoms with Crippen LogP contribution < -0.4 is 15.5 Å². The lowest BCUT2D eigenvalue weighted by atomic mass is 10.0. The van der Waals surface area contributed by atoms with E-state index in [-0.39, 0.29) is 17.9 Å². The van der Waals surface area contributed by atoms with Gasteiger partial charge in [0.05, 0.1) is 5.69 Å². The fourth-order valence-electron chi connectivity index (χ4n) is 5.26. The highest BCUT2D eigenvalue weighted by atomic mass is 16.6. The molecule has 0 unspecified atom stereocenters. The summed E-state index contributed by atoms with van der Waals surface area (Å²) < 4.78 is 5.74. The van der Waals surface area contributed by atoms with Gasteiger partial charge in [0.25, 0.3) is 5.91 Å². The third kappa shape index (κ3) is 8.11. The summed E-state index contributed by atoms with van der Waals surface area (Å²) in [6, 6.07) is 32.3. The summed E-state index contributed by atoms with van der Waals surface area (Å²) in [4.78, 5) is 42.3. The van der Waals surface area contributed by atoms with Gasteiger partial charge >= 0.3 is 6.09 Å². The minimum Gasteiger partial charge on any atom is -0.446 e. The van der Waals surface area contributed by atoms with Gasteiger partial charge in [-0.25, -0.2) is 4.79 Å². The molecular weight excluding hydrogens is 552 g/mol. The molecule has 0 atom stereocenters. The summed E-state index contributed by atoms with van der Waals surface area (Å²) in [6.45, 7) is 4.09. The molecule has 1 aliphatic heterocycles. The zero-order valence-corrected chi connectivity index (χ0v) is 25.2. The molecular formula is C36H38N4O4. The smallest absolute Gasteiger partial charge is 0.411 e. The van der Waals surface area contributed by atoms with E-state index in [1.54, 1.807) is 30.1 Å². The van der Waals surface area contributed by atoms with Crippen LogP contribution in [0.3, 0.4) is 0 Å². The van der Waals surface area contributed by atoms with Crippen molar-refractivity contribution in [2.24, 2.45) is 0 Å². The Morgan fingerprint density at radius 1 is 0.841 bits per heavy atom. The number of ether oxygens (including phenoxy) is 1. The van der Waals surface area contributed by atoms with Gasteiger partial charge in [-0.3, -0.25) is 14.9 Å². The molecule has 1 fully saturated rings. The van der Waals surface area contributed by atoms with Gasteiger partial charge in [-0.2, -0.15) is 0 Å². The first-order chi connectivity index (χ1) is 21.4. The summed E-state index contributed by atoms with van der Waals surface area (Å²) in [5.41, 5.74) is 5.66. The quantitative estimate of drug-likeness (QED) is 0.220. The SMILES string of the molecule is Cc1ccc(NC(=O)c2cccc(N(C)C(=O)CCN3CCC(OC(=O)Nc4ccccc4-c4ccccc4)CC3)c2)cc1. The molecule has 0 bridgehead atoms. The molecule has 3 amide bonds. The van der Waals surface area contributed by atoms with E-state index in [2.05, 4.69) is 15.5 Å². The maximum absolute atomic E-state index is 13.0. The summed E-state index contributed by atoms with van der Waals surface area (Å²) in [7, 11) is 1.73. The van der Waals surface area contributed by atoms with Gasteiger partial charge in [0.2, 0.25) is 5.91 Å². The molecule has 44 heavy (non-hydrogen) atoms. The third-order valence-corrected chi connectivity index (χ3v) is 7.88. The number of rotatable bonds is 9. The van der Waals surface area contributed by atoms with Crippen LogP contribution in [0.5, 0.6) is 0 Å². The minimum atomic E-state index is -0.460. The molecule has 8 heteroatoms. The highest BCUT2D eigenvalue weighted by Crippen LogP contribution is 2.28. The second kappa shape index (κ2) is 14.5. The molecule has 1 heterocycles. The van der Waals surface area contributed by atoms with Crippen LogP contribution in [0.1, 0.15) is 35.2 Å². The second-order valence-corrected chi connectivity index (χ2v) is 11.1. The first kappa shape index (κ1) is 30.5. The molecule has 8 nitrogen and oxygen atoms in total. The molecule has 226 valence electrons. The van der Waals surface area contributed by atoms with Gasteiger partial charge < -0.3 is 19.9 Å². The summed E-state index contributed by atoms with van der Waals surface area (Å²) >= 11 is 0. The lowest BCUT2D eigenvalue weighted by Gasteiger charge is -2.31. The number of para-hydroxylation sites is 1. The number of piperidine rings is 1. The van der Waals surface area contributed by atoms with E-state index in [1.165, 1.54) is 0 Å². The first-order valence-corrected chi connectivity index (χ1v) is 14.9. The highest BCUT2D eigenvalue weighted by molar-refractivity contribution is 6.05. The van der Waals surface area contributed by atoms with Crippen molar-refractivity contribution in [2.75, 3.05) is 42.2 Å². The normalized spacial score (nSPS) is 13.6. The predicted molar refractivity (Wildman–Crippen MR) is 175 cm³/mol. The van der Waals surface area contributed by atoms with Crippen molar-refractivity contribution in [3.05, 3.63) is 114 Å². The number of aryl methyl sites for hydroxylation is 1. The van der Waals surface area contributed by atoms with E-state index >= 15 is 0 Å². The van der Waals surface area contributed by atoms with E-state index in [1.807, 2.05) is 91.9 Å². The Morgan fingerprint density at radius 3 is 2.30 bits per heavy atom. The maximum atomic E-state index is 13.0. The Balaban J connectivity index is 1.06. The summed E-state index contributed by atoms with van der Waals surface area (Å²) in [5.74, 6) is -0.258. The molecule has 0 spiro atoms. The predicted octanol–water partition coefficient (Wildman–Crippen LogP) is 6.98. The van der Waals surface area contributed by atoms with E-state index in [0.29, 0.717) is 42.7 Å². The van der Waals surface area contributed by atoms with Crippen molar-refractivity contribution in [3.8, 4) is 11.1 Å². The van der Waals surface area contributed by atoms with E-state index in [0.717, 1.165) is 35.5 Å². The highest BCUT2D eigenvalue weighted by Gasteiger charge is 2.24. The molecule has 0 saturated carbocycles. The number of nitrogens with one attached hydrogen (secondary N) is 2. The summed E-state index contributed by atoms with van der Waals surface area (Å²) in [5, 5.41) is 5.81. The molecule has 0 aromatic heterocycles. The van der Waals surface area contributed by atoms with Crippen molar-refractivity contribution in [2.45, 2.75) is 32.3 Å². The zero-order chi connectivity index (χ0) is 30.9. The van der Waals surface area contributed by atoms with E-state index < -0.39 is 6.09 Å². The fourth-order valence-corrected chi connectivity index (χ4v) is 5.26. The van der Waals surface area contributed by atoms with Crippen LogP contribution in [0.25, 0.3) is 11.1 Å². The number of anilines is 3. The summed E-state index contributed by atoms with van der Waals surface area (Å²) in [6.07, 6.45) is 1.12. The van der Waals surface area contributed by atoms with Gasteiger partial charge in [-0.15, -0.1) is 0 Å². The second-order valence-electron chi connectivity index (χ2n) is 11.1. The molecule has 1 saturated heterocycles. The average molecular weight is 591 g/mol. The molecule has 5 rings (SSSR count). The van der Waals surface area contributed by atoms with Crippen LogP contribution in [0, 0.1) is 6.92 Å². The van der Waals surface area contributed by atoms with E-state index in [9.17, 15) is 14.4 Å². The number of benzene rings is 4. The lowest BCUT2D eigenvalue weighted by molar-refractivity contribution is -0.118. The standard InChI is InChI=1S/C36H38N4O4/c1-26-15-17-29(18-16-26)37-35(42)28-11-8-12-30(25-28)39(2)34(41)21-24-40-22-19-31(20-23-40)44-36(43)38-33-14-7-6-13-32(33)27-9-4-3-5-10-27/h3-18,25,31H,19-24H2,1-2H3,(H,37,42)(H,38,43). The van der Waals surface area contributed by atoms with Gasteiger partial charge in [0.1, 0.15) is 6.10 Å². The van der Waals surface area contributed by atoms with Crippen LogP contribution in [-0.2, 0) is 9.53 Å². The molecule has 0 aliphatic carbocycles. The largest absolute Gasteiger partial charge is 0.446 e. The Bertz CT molecular complexity index is 1580. The van der Waals surface area contributed by atoms with E-state index in [4.69, 9.17) is 4.74 Å². The van der Waals surface area contributed by atoms with Crippen LogP contribution >= 0.6 is 0 Å². The van der Waals surface area contributed by atoms with Gasteiger partial charge in [-0.05, 0) is 61.7 Å². The Morgan fingerprint density at radius 2 is 1.55 bits per heavy atom. The van der Waals surface area contributed by atoms with Crippen molar-refractivity contribution >= 4 is 35.0 Å². The van der Waals surface area contributed by atoms with Crippen LogP contribution in [0.15, 0.2) is 103 Å². The molecule has 4 aromatic carbocycles. The average Bonchev–Trinajstić information content (AvgIpc) is 3.05.